The minimum Gasteiger partial charge on any atom is -0.314 e. The zero-order valence-corrected chi connectivity index (χ0v) is 21.1. The first-order chi connectivity index (χ1) is 13.7. The molecule has 0 aromatic rings. The fourth-order valence-corrected chi connectivity index (χ4v) is 6.37. The summed E-state index contributed by atoms with van der Waals surface area (Å²) in [5.41, 5.74) is 0.604. The monoisotopic (exact) mass is 422 g/mol. The Kier molecular flexibility index (Phi) is 8.57. The summed E-state index contributed by atoms with van der Waals surface area (Å²) >= 11 is 0. The molecule has 2 aliphatic heterocycles. The molecule has 0 saturated carbocycles. The van der Waals surface area contributed by atoms with Gasteiger partial charge in [0.2, 0.25) is 0 Å². The first-order valence-corrected chi connectivity index (χ1v) is 12.2. The molecule has 5 nitrogen and oxygen atoms in total. The highest BCUT2D eigenvalue weighted by atomic mass is 16.1. The van der Waals surface area contributed by atoms with E-state index in [-0.39, 0.29) is 28.2 Å². The van der Waals surface area contributed by atoms with Crippen molar-refractivity contribution in [3.8, 4) is 0 Å². The number of hydrogen-bond acceptors (Lipinski definition) is 5. The standard InChI is InChI=1S/C25H50N4O/c1-22(2)14-20(15-23(3,4)28-22)26-13-11-9-10-12-19(18-30)27-21-16-24(5,6)29-25(7,8)17-21/h18-21,26-29H,9-17H2,1-8H3. The summed E-state index contributed by atoms with van der Waals surface area (Å²) in [6.07, 6.45) is 10.0. The first-order valence-electron chi connectivity index (χ1n) is 12.2. The topological polar surface area (TPSA) is 65.2 Å². The summed E-state index contributed by atoms with van der Waals surface area (Å²) in [7, 11) is 0. The van der Waals surface area contributed by atoms with Crippen molar-refractivity contribution in [2.24, 2.45) is 0 Å². The highest BCUT2D eigenvalue weighted by Crippen LogP contribution is 2.29. The van der Waals surface area contributed by atoms with E-state index in [0.29, 0.717) is 12.1 Å². The third-order valence-corrected chi connectivity index (χ3v) is 6.62. The summed E-state index contributed by atoms with van der Waals surface area (Å²) in [5, 5.41) is 14.9. The molecule has 1 unspecified atom stereocenters. The minimum atomic E-state index is -0.0151. The first kappa shape index (κ1) is 25.8. The lowest BCUT2D eigenvalue weighted by molar-refractivity contribution is -0.110. The second-order valence-electron chi connectivity index (χ2n) is 12.7. The number of carbonyl (C=O) groups excluding carboxylic acids is 1. The maximum atomic E-state index is 11.7. The highest BCUT2D eigenvalue weighted by Gasteiger charge is 2.38. The molecule has 1 atom stereocenters. The smallest absolute Gasteiger partial charge is 0.136 e. The van der Waals surface area contributed by atoms with Gasteiger partial charge in [-0.15, -0.1) is 0 Å². The Balaban J connectivity index is 1.65. The van der Waals surface area contributed by atoms with Crippen molar-refractivity contribution < 1.29 is 4.79 Å². The van der Waals surface area contributed by atoms with E-state index in [9.17, 15) is 4.79 Å². The van der Waals surface area contributed by atoms with Crippen LogP contribution >= 0.6 is 0 Å². The van der Waals surface area contributed by atoms with Crippen molar-refractivity contribution >= 4 is 6.29 Å². The second-order valence-corrected chi connectivity index (χ2v) is 12.7. The second kappa shape index (κ2) is 9.97. The summed E-state index contributed by atoms with van der Waals surface area (Å²) in [5.74, 6) is 0. The van der Waals surface area contributed by atoms with Gasteiger partial charge in [-0.25, -0.2) is 0 Å². The fraction of sp³-hybridized carbons (Fsp3) is 0.960. The van der Waals surface area contributed by atoms with E-state index in [0.717, 1.165) is 38.5 Å². The molecule has 0 spiro atoms. The van der Waals surface area contributed by atoms with Crippen molar-refractivity contribution in [2.45, 2.75) is 147 Å². The van der Waals surface area contributed by atoms with Crippen LogP contribution in [0.15, 0.2) is 0 Å². The van der Waals surface area contributed by atoms with Crippen LogP contribution in [-0.2, 0) is 4.79 Å². The van der Waals surface area contributed by atoms with Crippen LogP contribution in [0.1, 0.15) is 107 Å². The predicted molar refractivity (Wildman–Crippen MR) is 128 cm³/mol. The van der Waals surface area contributed by atoms with Crippen LogP contribution in [0.2, 0.25) is 0 Å². The number of aldehydes is 1. The van der Waals surface area contributed by atoms with Gasteiger partial charge in [-0.05, 0) is 100 Å². The van der Waals surface area contributed by atoms with Gasteiger partial charge in [0.25, 0.3) is 0 Å². The predicted octanol–water partition coefficient (Wildman–Crippen LogP) is 3.91. The SMILES string of the molecule is CC1(C)CC(NCCCCCC(C=O)NC2CC(C)(C)NC(C)(C)C2)CC(C)(C)N1. The quantitative estimate of drug-likeness (QED) is 0.317. The third-order valence-electron chi connectivity index (χ3n) is 6.62. The van der Waals surface area contributed by atoms with E-state index in [1.807, 2.05) is 0 Å². The van der Waals surface area contributed by atoms with Gasteiger partial charge in [-0.3, -0.25) is 0 Å². The van der Waals surface area contributed by atoms with Crippen LogP contribution in [0.25, 0.3) is 0 Å². The highest BCUT2D eigenvalue weighted by molar-refractivity contribution is 5.57. The van der Waals surface area contributed by atoms with Gasteiger partial charge < -0.3 is 26.1 Å². The summed E-state index contributed by atoms with van der Waals surface area (Å²) in [6.45, 7) is 19.3. The van der Waals surface area contributed by atoms with E-state index < -0.39 is 0 Å². The van der Waals surface area contributed by atoms with Gasteiger partial charge in [-0.1, -0.05) is 12.8 Å². The molecule has 2 saturated heterocycles. The normalized spacial score (nSPS) is 26.9. The number of hydrogen-bond donors (Lipinski definition) is 4. The van der Waals surface area contributed by atoms with Crippen molar-refractivity contribution in [1.82, 2.24) is 21.3 Å². The molecule has 2 fully saturated rings. The van der Waals surface area contributed by atoms with Crippen LogP contribution in [-0.4, -0.2) is 53.1 Å². The molecule has 30 heavy (non-hydrogen) atoms. The minimum absolute atomic E-state index is 0.0151. The molecule has 2 rings (SSSR count). The Morgan fingerprint density at radius 1 is 0.767 bits per heavy atom. The molecule has 0 aliphatic carbocycles. The summed E-state index contributed by atoms with van der Waals surface area (Å²) in [4.78, 5) is 11.7. The molecule has 2 heterocycles. The van der Waals surface area contributed by atoms with E-state index in [1.54, 1.807) is 0 Å². The van der Waals surface area contributed by atoms with E-state index >= 15 is 0 Å². The molecule has 2 aliphatic rings. The Labute approximate surface area is 186 Å². The van der Waals surface area contributed by atoms with Gasteiger partial charge in [0.15, 0.2) is 0 Å². The molecule has 0 radical (unpaired) electrons. The van der Waals surface area contributed by atoms with Crippen LogP contribution in [0.5, 0.6) is 0 Å². The third kappa shape index (κ3) is 8.94. The van der Waals surface area contributed by atoms with Gasteiger partial charge in [-0.2, -0.15) is 0 Å². The summed E-state index contributed by atoms with van der Waals surface area (Å²) in [6, 6.07) is 0.977. The number of rotatable bonds is 10. The maximum Gasteiger partial charge on any atom is 0.136 e. The number of carbonyl (C=O) groups is 1. The molecule has 0 aromatic heterocycles. The van der Waals surface area contributed by atoms with Crippen LogP contribution < -0.4 is 21.3 Å². The van der Waals surface area contributed by atoms with E-state index in [4.69, 9.17) is 0 Å². The van der Waals surface area contributed by atoms with Crippen LogP contribution in [0.4, 0.5) is 0 Å². The fourth-order valence-electron chi connectivity index (χ4n) is 6.37. The molecule has 5 heteroatoms. The Hall–Kier alpha value is -0.490. The molecule has 0 bridgehead atoms. The average Bonchev–Trinajstić information content (AvgIpc) is 2.51. The van der Waals surface area contributed by atoms with E-state index in [1.165, 1.54) is 25.7 Å². The Morgan fingerprint density at radius 3 is 1.70 bits per heavy atom. The van der Waals surface area contributed by atoms with Crippen LogP contribution in [0.3, 0.4) is 0 Å². The average molecular weight is 423 g/mol. The lowest BCUT2D eigenvalue weighted by Gasteiger charge is -2.47. The van der Waals surface area contributed by atoms with Crippen molar-refractivity contribution in [3.05, 3.63) is 0 Å². The molecule has 0 amide bonds. The zero-order chi connectivity index (χ0) is 22.6. The van der Waals surface area contributed by atoms with Crippen molar-refractivity contribution in [2.75, 3.05) is 6.54 Å². The number of nitrogens with one attached hydrogen (secondary N) is 4. The Morgan fingerprint density at radius 2 is 1.23 bits per heavy atom. The largest absolute Gasteiger partial charge is 0.314 e. The molecule has 176 valence electrons. The van der Waals surface area contributed by atoms with Gasteiger partial charge in [0, 0.05) is 34.2 Å². The van der Waals surface area contributed by atoms with Crippen molar-refractivity contribution in [1.29, 1.82) is 0 Å². The Bertz CT molecular complexity index is 523. The maximum absolute atomic E-state index is 11.7. The number of piperidine rings is 2. The van der Waals surface area contributed by atoms with Gasteiger partial charge in [0.1, 0.15) is 6.29 Å². The molecule has 0 aromatic carbocycles. The van der Waals surface area contributed by atoms with E-state index in [2.05, 4.69) is 76.7 Å². The summed E-state index contributed by atoms with van der Waals surface area (Å²) < 4.78 is 0. The lowest BCUT2D eigenvalue weighted by atomic mass is 9.79. The van der Waals surface area contributed by atoms with Gasteiger partial charge >= 0.3 is 0 Å². The molecular weight excluding hydrogens is 372 g/mol. The van der Waals surface area contributed by atoms with Gasteiger partial charge in [0.05, 0.1) is 6.04 Å². The van der Waals surface area contributed by atoms with Crippen LogP contribution in [0, 0.1) is 0 Å². The number of unbranched alkanes of at least 4 members (excludes halogenated alkanes) is 2. The molecular formula is C25H50N4O. The van der Waals surface area contributed by atoms with Crippen molar-refractivity contribution in [3.63, 3.8) is 0 Å². The lowest BCUT2D eigenvalue weighted by Crippen LogP contribution is -2.62. The zero-order valence-electron chi connectivity index (χ0n) is 21.1. The molecule has 4 N–H and O–H groups in total.